The van der Waals surface area contributed by atoms with Gasteiger partial charge in [-0.1, -0.05) is 55.4 Å². The Bertz CT molecular complexity index is 737. The fraction of sp³-hybridized carbons (Fsp3) is 0.826. The van der Waals surface area contributed by atoms with Gasteiger partial charge < -0.3 is 33.3 Å². The number of carbonyl (C=O) groups is 4. The first-order valence-corrected chi connectivity index (χ1v) is 12.4. The number of methoxy groups -OCH3 is 1. The van der Waals surface area contributed by atoms with Crippen molar-refractivity contribution in [3.63, 3.8) is 0 Å². The van der Waals surface area contributed by atoms with Gasteiger partial charge in [0.25, 0.3) is 0 Å². The van der Waals surface area contributed by atoms with Gasteiger partial charge in [0.2, 0.25) is 0 Å². The van der Waals surface area contributed by atoms with Crippen LogP contribution in [0.25, 0.3) is 0 Å². The van der Waals surface area contributed by atoms with Crippen molar-refractivity contribution in [3.05, 3.63) is 0 Å². The summed E-state index contributed by atoms with van der Waals surface area (Å²) in [6, 6.07) is 0. The van der Waals surface area contributed by atoms with E-state index in [0.29, 0.717) is 0 Å². The molecule has 0 bridgehead atoms. The van der Waals surface area contributed by atoms with Crippen molar-refractivity contribution in [1.29, 1.82) is 0 Å². The summed E-state index contributed by atoms with van der Waals surface area (Å²) in [5.41, 5.74) is 0. The highest BCUT2D eigenvalue weighted by Gasteiger charge is 2.53. The minimum Gasteiger partial charge on any atom is -0.463 e. The second kappa shape index (κ2) is 16.6. The molecule has 1 rings (SSSR count). The van der Waals surface area contributed by atoms with Crippen LogP contribution in [0.15, 0.2) is 0 Å². The van der Waals surface area contributed by atoms with Crippen molar-refractivity contribution in [1.82, 2.24) is 0 Å². The van der Waals surface area contributed by atoms with E-state index in [-0.39, 0.29) is 6.61 Å². The molecule has 0 aromatic heterocycles. The molecule has 13 heteroatoms. The Balaban J connectivity index is 0.00000387. The van der Waals surface area contributed by atoms with Crippen molar-refractivity contribution in [2.45, 2.75) is 86.1 Å². The van der Waals surface area contributed by atoms with E-state index in [1.54, 1.807) is 55.4 Å². The number of hydrogen-bond acceptors (Lipinski definition) is 11. The van der Waals surface area contributed by atoms with E-state index >= 15 is 0 Å². The summed E-state index contributed by atoms with van der Waals surface area (Å²) in [7, 11) is 0.500. The molecule has 36 heavy (non-hydrogen) atoms. The number of rotatable bonds is 10. The molecule has 1 saturated heterocycles. The van der Waals surface area contributed by atoms with Crippen LogP contribution >= 0.6 is 8.69 Å². The Kier molecular flexibility index (Phi) is 15.6. The maximum absolute atomic E-state index is 12.5. The SMILES string of the molecule is CO[C@H]1OC(COC(=O)C(C)C)[C@@H](OC(=O)C(C)C)[C@H](OC(=O)C(C)C)C1OC(=O)C(C)C.O=PO. The predicted octanol–water partition coefficient (Wildman–Crippen LogP) is 2.45. The van der Waals surface area contributed by atoms with Gasteiger partial charge in [0.15, 0.2) is 24.6 Å². The van der Waals surface area contributed by atoms with Crippen LogP contribution in [0.4, 0.5) is 0 Å². The number of ether oxygens (including phenoxy) is 6. The summed E-state index contributed by atoms with van der Waals surface area (Å²) < 4.78 is 41.9. The second-order valence-electron chi connectivity index (χ2n) is 9.31. The minimum atomic E-state index is -1.24. The fourth-order valence-corrected chi connectivity index (χ4v) is 2.75. The van der Waals surface area contributed by atoms with E-state index in [1.807, 2.05) is 0 Å². The highest BCUT2D eigenvalue weighted by atomic mass is 31.1. The third-order valence-corrected chi connectivity index (χ3v) is 4.86. The Morgan fingerprint density at radius 3 is 1.44 bits per heavy atom. The lowest BCUT2D eigenvalue weighted by atomic mass is 9.97. The molecule has 1 aliphatic rings. The maximum Gasteiger partial charge on any atom is 0.324 e. The Labute approximate surface area is 213 Å². The highest BCUT2D eigenvalue weighted by Crippen LogP contribution is 2.31. The van der Waals surface area contributed by atoms with E-state index in [4.69, 9.17) is 37.9 Å². The van der Waals surface area contributed by atoms with Gasteiger partial charge >= 0.3 is 32.6 Å². The standard InChI is InChI=1S/C23H38O10.HO2P/c1-11(2)19(24)29-10-15-16(31-20(25)12(3)4)17(32-21(26)13(5)6)18(23(28-9)30-15)33-22(27)14(7)8;1-3-2/h11-18,23H,10H2,1-9H3;(H,1,2)/t15?,16-,17+,18?,23+;/m1./s1. The molecule has 2 unspecified atom stereocenters. The topological polar surface area (TPSA) is 161 Å². The van der Waals surface area contributed by atoms with Gasteiger partial charge in [-0.25, -0.2) is 4.57 Å². The molecule has 1 fully saturated rings. The van der Waals surface area contributed by atoms with Crippen LogP contribution in [-0.2, 0) is 52.2 Å². The van der Waals surface area contributed by atoms with Gasteiger partial charge in [0.05, 0.1) is 23.7 Å². The summed E-state index contributed by atoms with van der Waals surface area (Å²) in [6.07, 6.45) is -5.85. The zero-order chi connectivity index (χ0) is 28.2. The minimum absolute atomic E-state index is 0.284. The first kappa shape index (κ1) is 33.9. The summed E-state index contributed by atoms with van der Waals surface area (Å²) in [4.78, 5) is 56.4. The fourth-order valence-electron chi connectivity index (χ4n) is 2.75. The third-order valence-electron chi connectivity index (χ3n) is 4.86. The zero-order valence-electron chi connectivity index (χ0n) is 22.3. The Morgan fingerprint density at radius 1 is 0.722 bits per heavy atom. The predicted molar refractivity (Wildman–Crippen MR) is 125 cm³/mol. The van der Waals surface area contributed by atoms with Crippen LogP contribution in [0.3, 0.4) is 0 Å². The number of carbonyl (C=O) groups excluding carboxylic acids is 4. The molecule has 0 spiro atoms. The maximum atomic E-state index is 12.5. The molecule has 0 aliphatic carbocycles. The zero-order valence-corrected chi connectivity index (χ0v) is 23.2. The van der Waals surface area contributed by atoms with Crippen LogP contribution in [0.2, 0.25) is 0 Å². The Hall–Kier alpha value is -2.14. The number of esters is 4. The molecular weight excluding hydrogens is 499 g/mol. The van der Waals surface area contributed by atoms with Crippen LogP contribution in [0.1, 0.15) is 55.4 Å². The molecule has 0 aromatic rings. The van der Waals surface area contributed by atoms with Crippen molar-refractivity contribution < 1.29 is 57.1 Å². The van der Waals surface area contributed by atoms with Gasteiger partial charge in [-0.2, -0.15) is 0 Å². The monoisotopic (exact) mass is 538 g/mol. The first-order chi connectivity index (χ1) is 16.7. The molecule has 0 aromatic carbocycles. The molecule has 12 nitrogen and oxygen atoms in total. The lowest BCUT2D eigenvalue weighted by Crippen LogP contribution is -2.63. The lowest BCUT2D eigenvalue weighted by Gasteiger charge is -2.44. The average Bonchev–Trinajstić information content (AvgIpc) is 2.79. The average molecular weight is 539 g/mol. The lowest BCUT2D eigenvalue weighted by molar-refractivity contribution is -0.304. The highest BCUT2D eigenvalue weighted by molar-refractivity contribution is 7.16. The smallest absolute Gasteiger partial charge is 0.324 e. The molecule has 1 aliphatic heterocycles. The van der Waals surface area contributed by atoms with E-state index in [2.05, 4.69) is 0 Å². The molecule has 5 atom stereocenters. The largest absolute Gasteiger partial charge is 0.463 e. The van der Waals surface area contributed by atoms with E-state index in [0.717, 1.165) is 0 Å². The third kappa shape index (κ3) is 10.9. The van der Waals surface area contributed by atoms with Crippen LogP contribution in [-0.4, -0.2) is 73.2 Å². The summed E-state index contributed by atoms with van der Waals surface area (Å²) >= 11 is 0. The van der Waals surface area contributed by atoms with Gasteiger partial charge in [0, 0.05) is 7.11 Å². The van der Waals surface area contributed by atoms with Gasteiger partial charge in [0.1, 0.15) is 12.7 Å². The number of hydrogen-bond donors (Lipinski definition) is 1. The van der Waals surface area contributed by atoms with Crippen LogP contribution < -0.4 is 0 Å². The van der Waals surface area contributed by atoms with Crippen LogP contribution in [0, 0.1) is 23.7 Å². The summed E-state index contributed by atoms with van der Waals surface area (Å²) in [6.45, 7) is 12.9. The molecular formula is C23H39O12P. The van der Waals surface area contributed by atoms with Gasteiger partial charge in [-0.3, -0.25) is 19.2 Å². The van der Waals surface area contributed by atoms with Crippen molar-refractivity contribution >= 4 is 32.6 Å². The first-order valence-electron chi connectivity index (χ1n) is 11.6. The van der Waals surface area contributed by atoms with Gasteiger partial charge in [-0.05, 0) is 0 Å². The molecule has 0 radical (unpaired) electrons. The van der Waals surface area contributed by atoms with Crippen LogP contribution in [0.5, 0.6) is 0 Å². The molecule has 208 valence electrons. The van der Waals surface area contributed by atoms with E-state index < -0.39 is 86.9 Å². The van der Waals surface area contributed by atoms with Gasteiger partial charge in [-0.15, -0.1) is 0 Å². The van der Waals surface area contributed by atoms with Crippen molar-refractivity contribution in [2.24, 2.45) is 23.7 Å². The Morgan fingerprint density at radius 2 is 1.08 bits per heavy atom. The van der Waals surface area contributed by atoms with Crippen molar-refractivity contribution in [2.75, 3.05) is 13.7 Å². The quantitative estimate of drug-likeness (QED) is 0.246. The normalized spacial score (nSPS) is 23.8. The summed E-state index contributed by atoms with van der Waals surface area (Å²) in [5.74, 6) is -4.11. The summed E-state index contributed by atoms with van der Waals surface area (Å²) in [5, 5.41) is 0. The van der Waals surface area contributed by atoms with E-state index in [9.17, 15) is 19.2 Å². The molecule has 1 N–H and O–H groups in total. The second-order valence-corrected chi connectivity index (χ2v) is 9.48. The van der Waals surface area contributed by atoms with Crippen molar-refractivity contribution in [3.8, 4) is 0 Å². The van der Waals surface area contributed by atoms with E-state index in [1.165, 1.54) is 7.11 Å². The molecule has 0 amide bonds. The molecule has 0 saturated carbocycles. The molecule has 1 heterocycles.